The Labute approximate surface area is 95.9 Å². The van der Waals surface area contributed by atoms with Gasteiger partial charge in [-0.1, -0.05) is 20.8 Å². The zero-order valence-electron chi connectivity index (χ0n) is 9.82. The van der Waals surface area contributed by atoms with E-state index in [0.29, 0.717) is 7.92 Å². The Balaban J connectivity index is -0.000000150. The molecule has 0 saturated carbocycles. The molecule has 0 saturated heterocycles. The molecule has 0 spiro atoms. The van der Waals surface area contributed by atoms with Crippen LogP contribution in [-0.2, 0) is 17.1 Å². The van der Waals surface area contributed by atoms with Crippen molar-refractivity contribution in [1.29, 1.82) is 0 Å². The van der Waals surface area contributed by atoms with Crippen LogP contribution in [-0.4, -0.2) is 29.2 Å². The molecule has 0 aromatic rings. The summed E-state index contributed by atoms with van der Waals surface area (Å²) < 4.78 is 0. The summed E-state index contributed by atoms with van der Waals surface area (Å²) in [5, 5.41) is 8.52. The molecular formula is C10H25CuOP. The number of rotatable bonds is 3. The van der Waals surface area contributed by atoms with Crippen molar-refractivity contribution in [3.8, 4) is 0 Å². The molecule has 0 aromatic heterocycles. The van der Waals surface area contributed by atoms with E-state index < -0.39 is 5.60 Å². The minimum absolute atomic E-state index is 0. The Bertz CT molecular complexity index is 75.9. The number of hydrogen-bond acceptors (Lipinski definition) is 1. The molecule has 0 amide bonds. The third-order valence-electron chi connectivity index (χ3n) is 1.34. The Morgan fingerprint density at radius 1 is 0.923 bits per heavy atom. The number of aliphatic hydroxyl groups is 1. The Kier molecular flexibility index (Phi) is 16.5. The first-order chi connectivity index (χ1) is 5.35. The average Bonchev–Trinajstić information content (AvgIpc) is 1.88. The summed E-state index contributed by atoms with van der Waals surface area (Å²) in [6.07, 6.45) is 4.26. The molecule has 0 aliphatic carbocycles. The van der Waals surface area contributed by atoms with Crippen LogP contribution in [0.4, 0.5) is 0 Å². The molecule has 1 radical (unpaired) electrons. The van der Waals surface area contributed by atoms with Gasteiger partial charge in [0, 0.05) is 17.1 Å². The van der Waals surface area contributed by atoms with Crippen molar-refractivity contribution in [1.82, 2.24) is 0 Å². The van der Waals surface area contributed by atoms with E-state index in [2.05, 4.69) is 20.8 Å². The maximum Gasteiger partial charge on any atom is 0.0563 e. The Morgan fingerprint density at radius 2 is 1.08 bits per heavy atom. The van der Waals surface area contributed by atoms with Crippen molar-refractivity contribution in [2.45, 2.75) is 47.1 Å². The van der Waals surface area contributed by atoms with E-state index in [-0.39, 0.29) is 17.1 Å². The van der Waals surface area contributed by atoms with E-state index in [1.807, 2.05) is 0 Å². The van der Waals surface area contributed by atoms with Gasteiger partial charge in [-0.15, -0.1) is 7.92 Å². The molecule has 13 heavy (non-hydrogen) atoms. The molecule has 0 atom stereocenters. The van der Waals surface area contributed by atoms with Crippen LogP contribution >= 0.6 is 7.92 Å². The van der Waals surface area contributed by atoms with Gasteiger partial charge in [0.15, 0.2) is 0 Å². The van der Waals surface area contributed by atoms with Crippen LogP contribution in [0.15, 0.2) is 0 Å². The maximum atomic E-state index is 8.52. The molecule has 87 valence electrons. The van der Waals surface area contributed by atoms with Crippen molar-refractivity contribution < 1.29 is 22.2 Å². The standard InChI is InChI=1S/C6H15P.C4H10O.Cu/c1-4-7(5-2)6-3;1-4(2,3)5;/h4-6H2,1-3H3;5H,1-3H3;. The fraction of sp³-hybridized carbons (Fsp3) is 1.00. The van der Waals surface area contributed by atoms with Crippen LogP contribution in [0, 0.1) is 0 Å². The summed E-state index contributed by atoms with van der Waals surface area (Å²) in [4.78, 5) is 0. The maximum absolute atomic E-state index is 8.52. The van der Waals surface area contributed by atoms with E-state index in [1.54, 1.807) is 20.8 Å². The van der Waals surface area contributed by atoms with Crippen molar-refractivity contribution >= 4 is 7.92 Å². The minimum atomic E-state index is -0.500. The normalized spacial score (nSPS) is 10.2. The molecule has 0 aliphatic rings. The van der Waals surface area contributed by atoms with E-state index in [0.717, 1.165) is 0 Å². The molecule has 1 N–H and O–H groups in total. The third-order valence-corrected chi connectivity index (χ3v) is 4.02. The summed E-state index contributed by atoms with van der Waals surface area (Å²) in [5.41, 5.74) is -0.500. The van der Waals surface area contributed by atoms with Crippen molar-refractivity contribution in [3.63, 3.8) is 0 Å². The van der Waals surface area contributed by atoms with Crippen LogP contribution in [0.2, 0.25) is 0 Å². The molecule has 1 nitrogen and oxygen atoms in total. The van der Waals surface area contributed by atoms with Crippen molar-refractivity contribution in [2.75, 3.05) is 18.5 Å². The molecule has 0 bridgehead atoms. The van der Waals surface area contributed by atoms with Gasteiger partial charge in [0.2, 0.25) is 0 Å². The summed E-state index contributed by atoms with van der Waals surface area (Å²) >= 11 is 0. The molecular weight excluding hydrogens is 231 g/mol. The summed E-state index contributed by atoms with van der Waals surface area (Å²) in [6.45, 7) is 12.1. The quantitative estimate of drug-likeness (QED) is 0.606. The van der Waals surface area contributed by atoms with Gasteiger partial charge in [-0.2, -0.15) is 0 Å². The molecule has 0 heterocycles. The second kappa shape index (κ2) is 11.0. The van der Waals surface area contributed by atoms with E-state index in [9.17, 15) is 0 Å². The summed E-state index contributed by atoms with van der Waals surface area (Å²) in [6, 6.07) is 0. The Morgan fingerprint density at radius 3 is 1.08 bits per heavy atom. The van der Waals surface area contributed by atoms with Gasteiger partial charge >= 0.3 is 0 Å². The zero-order valence-corrected chi connectivity index (χ0v) is 11.7. The predicted molar refractivity (Wildman–Crippen MR) is 60.5 cm³/mol. The first kappa shape index (κ1) is 19.5. The molecule has 0 aliphatic heterocycles. The predicted octanol–water partition coefficient (Wildman–Crippen LogP) is 3.30. The molecule has 0 aromatic carbocycles. The van der Waals surface area contributed by atoms with Crippen LogP contribution in [0.1, 0.15) is 41.5 Å². The van der Waals surface area contributed by atoms with Gasteiger partial charge in [-0.05, 0) is 39.3 Å². The number of hydrogen-bond donors (Lipinski definition) is 1. The Hall–Kier alpha value is 0.909. The summed E-state index contributed by atoms with van der Waals surface area (Å²) in [7, 11) is 0.446. The second-order valence-corrected chi connectivity index (χ2v) is 7.03. The smallest absolute Gasteiger partial charge is 0.0563 e. The van der Waals surface area contributed by atoms with Crippen LogP contribution in [0.5, 0.6) is 0 Å². The van der Waals surface area contributed by atoms with Gasteiger partial charge in [-0.3, -0.25) is 0 Å². The fourth-order valence-corrected chi connectivity index (χ4v) is 2.01. The second-order valence-electron chi connectivity index (χ2n) is 3.79. The topological polar surface area (TPSA) is 20.2 Å². The van der Waals surface area contributed by atoms with Crippen molar-refractivity contribution in [2.24, 2.45) is 0 Å². The van der Waals surface area contributed by atoms with Gasteiger partial charge in [0.25, 0.3) is 0 Å². The van der Waals surface area contributed by atoms with Crippen LogP contribution < -0.4 is 0 Å². The minimum Gasteiger partial charge on any atom is -0.391 e. The van der Waals surface area contributed by atoms with Crippen LogP contribution in [0.3, 0.4) is 0 Å². The van der Waals surface area contributed by atoms with E-state index in [1.165, 1.54) is 18.5 Å². The van der Waals surface area contributed by atoms with Gasteiger partial charge in [0.1, 0.15) is 0 Å². The van der Waals surface area contributed by atoms with Gasteiger partial charge in [0.05, 0.1) is 5.60 Å². The van der Waals surface area contributed by atoms with E-state index in [4.69, 9.17) is 5.11 Å². The van der Waals surface area contributed by atoms with Gasteiger partial charge < -0.3 is 5.11 Å². The van der Waals surface area contributed by atoms with Gasteiger partial charge in [-0.25, -0.2) is 0 Å². The average molecular weight is 256 g/mol. The fourth-order valence-electron chi connectivity index (χ4n) is 0.671. The molecule has 0 unspecified atom stereocenters. The zero-order chi connectivity index (χ0) is 10.2. The SMILES string of the molecule is CC(C)(C)O.CCP(CC)CC.[Cu]. The summed E-state index contributed by atoms with van der Waals surface area (Å²) in [5.74, 6) is 0. The molecule has 0 rings (SSSR count). The first-order valence-corrected chi connectivity index (χ1v) is 6.69. The molecule has 0 fully saturated rings. The van der Waals surface area contributed by atoms with Crippen LogP contribution in [0.25, 0.3) is 0 Å². The molecule has 3 heteroatoms. The van der Waals surface area contributed by atoms with E-state index >= 15 is 0 Å². The monoisotopic (exact) mass is 255 g/mol. The largest absolute Gasteiger partial charge is 0.391 e. The first-order valence-electron chi connectivity index (χ1n) is 4.79. The van der Waals surface area contributed by atoms with Crippen molar-refractivity contribution in [3.05, 3.63) is 0 Å². The third kappa shape index (κ3) is 32.2.